The summed E-state index contributed by atoms with van der Waals surface area (Å²) in [5.41, 5.74) is 8.69. The van der Waals surface area contributed by atoms with Gasteiger partial charge in [0, 0.05) is 21.5 Å². The van der Waals surface area contributed by atoms with Crippen LogP contribution < -0.4 is 10.5 Å². The fraction of sp³-hybridized carbons (Fsp3) is 0.250. The van der Waals surface area contributed by atoms with Gasteiger partial charge >= 0.3 is 0 Å². The SMILES string of the molecule is CCOc1cc(Sc2cc(C)ccc2C)c(N)cc1F. The molecule has 0 heterocycles. The van der Waals surface area contributed by atoms with E-state index in [4.69, 9.17) is 10.5 Å². The average molecular weight is 291 g/mol. The van der Waals surface area contributed by atoms with Crippen LogP contribution in [0.25, 0.3) is 0 Å². The van der Waals surface area contributed by atoms with Gasteiger partial charge in [-0.25, -0.2) is 4.39 Å². The normalized spacial score (nSPS) is 10.6. The summed E-state index contributed by atoms with van der Waals surface area (Å²) in [7, 11) is 0. The molecule has 106 valence electrons. The number of anilines is 1. The molecule has 0 amide bonds. The van der Waals surface area contributed by atoms with Gasteiger partial charge in [-0.05, 0) is 44.0 Å². The smallest absolute Gasteiger partial charge is 0.167 e. The maximum atomic E-state index is 13.7. The Labute approximate surface area is 123 Å². The minimum Gasteiger partial charge on any atom is -0.491 e. The summed E-state index contributed by atoms with van der Waals surface area (Å²) in [6.45, 7) is 6.34. The number of hydrogen-bond donors (Lipinski definition) is 1. The number of benzene rings is 2. The summed E-state index contributed by atoms with van der Waals surface area (Å²) < 4.78 is 19.0. The maximum absolute atomic E-state index is 13.7. The van der Waals surface area contributed by atoms with Crippen molar-refractivity contribution in [2.24, 2.45) is 0 Å². The maximum Gasteiger partial charge on any atom is 0.167 e. The highest BCUT2D eigenvalue weighted by Gasteiger charge is 2.11. The van der Waals surface area contributed by atoms with Gasteiger partial charge in [0.15, 0.2) is 11.6 Å². The Hall–Kier alpha value is -1.68. The number of nitrogens with two attached hydrogens (primary N) is 1. The van der Waals surface area contributed by atoms with E-state index >= 15 is 0 Å². The molecule has 2 aromatic carbocycles. The molecular weight excluding hydrogens is 273 g/mol. The first-order chi connectivity index (χ1) is 9.51. The molecule has 20 heavy (non-hydrogen) atoms. The van der Waals surface area contributed by atoms with Crippen LogP contribution in [0.15, 0.2) is 40.1 Å². The molecule has 4 heteroatoms. The van der Waals surface area contributed by atoms with Crippen molar-refractivity contribution in [3.63, 3.8) is 0 Å². The van der Waals surface area contributed by atoms with Crippen molar-refractivity contribution in [1.29, 1.82) is 0 Å². The molecular formula is C16H18FNOS. The number of aryl methyl sites for hydroxylation is 2. The number of ether oxygens (including phenoxy) is 1. The summed E-state index contributed by atoms with van der Waals surface area (Å²) in [6, 6.07) is 9.22. The van der Waals surface area contributed by atoms with Gasteiger partial charge in [-0.15, -0.1) is 0 Å². The number of rotatable bonds is 4. The van der Waals surface area contributed by atoms with E-state index in [1.54, 1.807) is 6.07 Å². The second-order valence-corrected chi connectivity index (χ2v) is 5.71. The number of nitrogen functional groups attached to an aromatic ring is 1. The molecule has 0 saturated heterocycles. The van der Waals surface area contributed by atoms with E-state index in [1.165, 1.54) is 29.0 Å². The molecule has 2 aromatic rings. The zero-order chi connectivity index (χ0) is 14.7. The van der Waals surface area contributed by atoms with Gasteiger partial charge in [-0.1, -0.05) is 23.9 Å². The predicted octanol–water partition coefficient (Wildman–Crippen LogP) is 4.57. The lowest BCUT2D eigenvalue weighted by Gasteiger charge is -2.12. The summed E-state index contributed by atoms with van der Waals surface area (Å²) in [5.74, 6) is -0.177. The van der Waals surface area contributed by atoms with Gasteiger partial charge in [0.25, 0.3) is 0 Å². The molecule has 0 fully saturated rings. The van der Waals surface area contributed by atoms with Crippen LogP contribution in [0.4, 0.5) is 10.1 Å². The van der Waals surface area contributed by atoms with Crippen LogP contribution >= 0.6 is 11.8 Å². The van der Waals surface area contributed by atoms with E-state index in [-0.39, 0.29) is 5.75 Å². The molecule has 0 saturated carbocycles. The molecule has 0 aliphatic carbocycles. The van der Waals surface area contributed by atoms with Crippen LogP contribution in [-0.2, 0) is 0 Å². The van der Waals surface area contributed by atoms with Gasteiger partial charge in [-0.2, -0.15) is 0 Å². The highest BCUT2D eigenvalue weighted by Crippen LogP contribution is 2.37. The van der Waals surface area contributed by atoms with Crippen molar-refractivity contribution >= 4 is 17.4 Å². The molecule has 0 aromatic heterocycles. The zero-order valence-corrected chi connectivity index (χ0v) is 12.7. The Balaban J connectivity index is 2.37. The molecule has 0 spiro atoms. The van der Waals surface area contributed by atoms with Crippen LogP contribution in [0.5, 0.6) is 5.75 Å². The van der Waals surface area contributed by atoms with Gasteiger partial charge in [0.2, 0.25) is 0 Å². The third-order valence-corrected chi connectivity index (χ3v) is 4.16. The average Bonchev–Trinajstić information content (AvgIpc) is 2.39. The molecule has 2 rings (SSSR count). The fourth-order valence-electron chi connectivity index (χ4n) is 1.84. The number of hydrogen-bond acceptors (Lipinski definition) is 3. The Kier molecular flexibility index (Phi) is 4.55. The van der Waals surface area contributed by atoms with E-state index < -0.39 is 5.82 Å². The summed E-state index contributed by atoms with van der Waals surface area (Å²) >= 11 is 1.53. The minimum atomic E-state index is -0.422. The van der Waals surface area contributed by atoms with E-state index in [0.29, 0.717) is 12.3 Å². The van der Waals surface area contributed by atoms with Crippen molar-refractivity contribution < 1.29 is 9.13 Å². The predicted molar refractivity (Wildman–Crippen MR) is 82.0 cm³/mol. The first-order valence-corrected chi connectivity index (χ1v) is 7.30. The molecule has 0 aliphatic rings. The molecule has 2 nitrogen and oxygen atoms in total. The van der Waals surface area contributed by atoms with Gasteiger partial charge < -0.3 is 10.5 Å². The lowest BCUT2D eigenvalue weighted by Crippen LogP contribution is -1.98. The topological polar surface area (TPSA) is 35.2 Å². The lowest BCUT2D eigenvalue weighted by atomic mass is 10.2. The minimum absolute atomic E-state index is 0.245. The highest BCUT2D eigenvalue weighted by molar-refractivity contribution is 7.99. The third kappa shape index (κ3) is 3.25. The quantitative estimate of drug-likeness (QED) is 0.838. The Morgan fingerprint density at radius 1 is 1.15 bits per heavy atom. The first-order valence-electron chi connectivity index (χ1n) is 6.48. The Morgan fingerprint density at radius 2 is 1.90 bits per heavy atom. The van der Waals surface area contributed by atoms with Crippen molar-refractivity contribution in [3.05, 3.63) is 47.3 Å². The van der Waals surface area contributed by atoms with E-state index in [0.717, 1.165) is 9.79 Å². The Bertz CT molecular complexity index is 628. The molecule has 2 N–H and O–H groups in total. The summed E-state index contributed by atoms with van der Waals surface area (Å²) in [4.78, 5) is 1.93. The van der Waals surface area contributed by atoms with Gasteiger partial charge in [0.1, 0.15) is 0 Å². The van der Waals surface area contributed by atoms with Gasteiger partial charge in [0.05, 0.1) is 6.61 Å². The van der Waals surface area contributed by atoms with Crippen molar-refractivity contribution in [1.82, 2.24) is 0 Å². The van der Waals surface area contributed by atoms with Crippen LogP contribution in [-0.4, -0.2) is 6.61 Å². The van der Waals surface area contributed by atoms with Crippen molar-refractivity contribution in [3.8, 4) is 5.75 Å². The monoisotopic (exact) mass is 291 g/mol. The highest BCUT2D eigenvalue weighted by atomic mass is 32.2. The van der Waals surface area contributed by atoms with E-state index in [1.807, 2.05) is 20.8 Å². The third-order valence-electron chi connectivity index (χ3n) is 2.93. The zero-order valence-electron chi connectivity index (χ0n) is 11.9. The van der Waals surface area contributed by atoms with Crippen molar-refractivity contribution in [2.45, 2.75) is 30.6 Å². The molecule has 0 atom stereocenters. The van der Waals surface area contributed by atoms with Crippen LogP contribution in [0.3, 0.4) is 0 Å². The molecule has 0 unspecified atom stereocenters. The van der Waals surface area contributed by atoms with Crippen LogP contribution in [0.2, 0.25) is 0 Å². The lowest BCUT2D eigenvalue weighted by molar-refractivity contribution is 0.321. The fourth-order valence-corrected chi connectivity index (χ4v) is 2.89. The van der Waals surface area contributed by atoms with Gasteiger partial charge in [-0.3, -0.25) is 0 Å². The largest absolute Gasteiger partial charge is 0.491 e. The summed E-state index contributed by atoms with van der Waals surface area (Å²) in [6.07, 6.45) is 0. The van der Waals surface area contributed by atoms with E-state index in [2.05, 4.69) is 18.2 Å². The van der Waals surface area contributed by atoms with E-state index in [9.17, 15) is 4.39 Å². The van der Waals surface area contributed by atoms with Crippen LogP contribution in [0.1, 0.15) is 18.1 Å². The number of halogens is 1. The standard InChI is InChI=1S/C16H18FNOS/c1-4-19-14-9-16(13(18)8-12(14)17)20-15-7-10(2)5-6-11(15)3/h5-9H,4,18H2,1-3H3. The molecule has 0 radical (unpaired) electrons. The second-order valence-electron chi connectivity index (χ2n) is 4.62. The summed E-state index contributed by atoms with van der Waals surface area (Å²) in [5, 5.41) is 0. The molecule has 0 bridgehead atoms. The first kappa shape index (κ1) is 14.7. The van der Waals surface area contributed by atoms with Crippen molar-refractivity contribution in [2.75, 3.05) is 12.3 Å². The second kappa shape index (κ2) is 6.18. The molecule has 0 aliphatic heterocycles. The van der Waals surface area contributed by atoms with Crippen LogP contribution in [0, 0.1) is 19.7 Å². The Morgan fingerprint density at radius 3 is 2.60 bits per heavy atom.